The Kier molecular flexibility index (Phi) is 6.12. The van der Waals surface area contributed by atoms with Crippen LogP contribution in [0.15, 0.2) is 18.6 Å². The summed E-state index contributed by atoms with van der Waals surface area (Å²) in [5, 5.41) is 10.2. The molecule has 12 heteroatoms. The van der Waals surface area contributed by atoms with Crippen LogP contribution in [-0.2, 0) is 12.6 Å². The predicted molar refractivity (Wildman–Crippen MR) is 98.4 cm³/mol. The number of hydrogen-bond donors (Lipinski definition) is 2. The van der Waals surface area contributed by atoms with E-state index in [-0.39, 0.29) is 11.6 Å². The van der Waals surface area contributed by atoms with Crippen molar-refractivity contribution in [2.75, 3.05) is 24.2 Å². The lowest BCUT2D eigenvalue weighted by Crippen LogP contribution is -2.15. The summed E-state index contributed by atoms with van der Waals surface area (Å²) in [5.74, 6) is -0.584. The fourth-order valence-electron chi connectivity index (χ4n) is 2.65. The van der Waals surface area contributed by atoms with Gasteiger partial charge >= 0.3 is 6.18 Å². The van der Waals surface area contributed by atoms with Gasteiger partial charge < -0.3 is 10.6 Å². The molecule has 3 rings (SSSR count). The Hall–Kier alpha value is -2.69. The fourth-order valence-corrected chi connectivity index (χ4v) is 2.80. The molecular weight excluding hydrogens is 397 g/mol. The number of halogens is 4. The Balaban J connectivity index is 1.57. The van der Waals surface area contributed by atoms with Crippen LogP contribution < -0.4 is 10.6 Å². The van der Waals surface area contributed by atoms with Crippen molar-refractivity contribution in [2.45, 2.75) is 31.9 Å². The zero-order chi connectivity index (χ0) is 20.1. The molecule has 0 aromatic carbocycles. The molecule has 0 spiro atoms. The molecule has 0 saturated carbocycles. The summed E-state index contributed by atoms with van der Waals surface area (Å²) in [5.41, 5.74) is 0.817. The number of aromatic nitrogens is 6. The molecule has 150 valence electrons. The number of aryl methyl sites for hydroxylation is 1. The van der Waals surface area contributed by atoms with Crippen LogP contribution >= 0.6 is 11.6 Å². The molecule has 2 N–H and O–H groups in total. The summed E-state index contributed by atoms with van der Waals surface area (Å²) >= 11 is 5.77. The Morgan fingerprint density at radius 1 is 1.07 bits per heavy atom. The minimum absolute atomic E-state index is 0.00425. The SMILES string of the molecule is CNc1nc(C(F)(F)F)nc2c(CCCCCNc3cncc(Cl)n3)cnn12. The van der Waals surface area contributed by atoms with Crippen LogP contribution in [-0.4, -0.2) is 43.1 Å². The highest BCUT2D eigenvalue weighted by Crippen LogP contribution is 2.28. The average Bonchev–Trinajstić information content (AvgIpc) is 3.06. The van der Waals surface area contributed by atoms with Gasteiger partial charge in [-0.05, 0) is 19.3 Å². The van der Waals surface area contributed by atoms with E-state index in [0.717, 1.165) is 19.3 Å². The monoisotopic (exact) mass is 414 g/mol. The second-order valence-corrected chi connectivity index (χ2v) is 6.38. The van der Waals surface area contributed by atoms with Crippen LogP contribution in [0.2, 0.25) is 5.15 Å². The summed E-state index contributed by atoms with van der Waals surface area (Å²) in [7, 11) is 1.49. The molecule has 0 unspecified atom stereocenters. The largest absolute Gasteiger partial charge is 0.451 e. The Bertz CT molecular complexity index is 943. The Morgan fingerprint density at radius 3 is 2.61 bits per heavy atom. The number of fused-ring (bicyclic) bond motifs is 1. The van der Waals surface area contributed by atoms with Crippen molar-refractivity contribution < 1.29 is 13.2 Å². The van der Waals surface area contributed by atoms with E-state index in [1.807, 2.05) is 0 Å². The molecule has 0 aliphatic carbocycles. The van der Waals surface area contributed by atoms with Crippen molar-refractivity contribution in [1.82, 2.24) is 29.5 Å². The maximum absolute atomic E-state index is 13.0. The van der Waals surface area contributed by atoms with Gasteiger partial charge in [0.25, 0.3) is 0 Å². The molecule has 28 heavy (non-hydrogen) atoms. The lowest BCUT2D eigenvalue weighted by Gasteiger charge is -2.09. The molecule has 0 fully saturated rings. The van der Waals surface area contributed by atoms with Crippen LogP contribution in [0.1, 0.15) is 30.7 Å². The van der Waals surface area contributed by atoms with Crippen molar-refractivity contribution in [3.63, 3.8) is 0 Å². The highest BCUT2D eigenvalue weighted by Gasteiger charge is 2.36. The third kappa shape index (κ3) is 4.77. The summed E-state index contributed by atoms with van der Waals surface area (Å²) in [4.78, 5) is 15.2. The van der Waals surface area contributed by atoms with Crippen molar-refractivity contribution >= 4 is 29.0 Å². The average molecular weight is 415 g/mol. The number of hydrogen-bond acceptors (Lipinski definition) is 7. The van der Waals surface area contributed by atoms with E-state index >= 15 is 0 Å². The zero-order valence-electron chi connectivity index (χ0n) is 15.0. The van der Waals surface area contributed by atoms with Crippen molar-refractivity contribution in [2.24, 2.45) is 0 Å². The smallest absolute Gasteiger partial charge is 0.369 e. The van der Waals surface area contributed by atoms with Gasteiger partial charge in [0.2, 0.25) is 11.8 Å². The van der Waals surface area contributed by atoms with Crippen molar-refractivity contribution in [3.05, 3.63) is 35.1 Å². The van der Waals surface area contributed by atoms with E-state index in [1.165, 1.54) is 24.0 Å². The van der Waals surface area contributed by atoms with Gasteiger partial charge in [-0.2, -0.15) is 27.8 Å². The molecule has 3 aromatic rings. The van der Waals surface area contributed by atoms with Gasteiger partial charge in [-0.15, -0.1) is 0 Å². The molecule has 3 aromatic heterocycles. The summed E-state index contributed by atoms with van der Waals surface area (Å²) in [6.45, 7) is 0.689. The normalized spacial score (nSPS) is 11.8. The first-order valence-electron chi connectivity index (χ1n) is 8.59. The lowest BCUT2D eigenvalue weighted by atomic mass is 10.1. The van der Waals surface area contributed by atoms with Crippen LogP contribution in [0.5, 0.6) is 0 Å². The Morgan fingerprint density at radius 2 is 1.89 bits per heavy atom. The van der Waals surface area contributed by atoms with Crippen LogP contribution in [0.25, 0.3) is 5.65 Å². The first-order chi connectivity index (χ1) is 13.4. The van der Waals surface area contributed by atoms with Gasteiger partial charge in [-0.25, -0.2) is 9.97 Å². The quantitative estimate of drug-likeness (QED) is 0.545. The van der Waals surface area contributed by atoms with E-state index in [9.17, 15) is 13.2 Å². The predicted octanol–water partition coefficient (Wildman–Crippen LogP) is 3.45. The molecule has 3 heterocycles. The standard InChI is InChI=1S/C16H18ClF3N8/c1-21-15-27-14(16(18,19)20)26-13-10(7-24-28(13)15)5-3-2-4-6-23-12-9-22-8-11(17)25-12/h7-9H,2-6H2,1H3,(H,23,25)(H,21,26,27). The second kappa shape index (κ2) is 8.55. The summed E-state index contributed by atoms with van der Waals surface area (Å²) < 4.78 is 40.3. The maximum Gasteiger partial charge on any atom is 0.451 e. The van der Waals surface area contributed by atoms with Crippen molar-refractivity contribution in [3.8, 4) is 0 Å². The first-order valence-corrected chi connectivity index (χ1v) is 8.97. The van der Waals surface area contributed by atoms with Gasteiger partial charge in [0.05, 0.1) is 18.6 Å². The maximum atomic E-state index is 13.0. The highest BCUT2D eigenvalue weighted by atomic mass is 35.5. The third-order valence-electron chi connectivity index (χ3n) is 3.95. The second-order valence-electron chi connectivity index (χ2n) is 5.99. The molecule has 0 aliphatic rings. The summed E-state index contributed by atoms with van der Waals surface area (Å²) in [6, 6.07) is 0. The minimum atomic E-state index is -4.62. The third-order valence-corrected chi connectivity index (χ3v) is 4.13. The van der Waals surface area contributed by atoms with E-state index in [0.29, 0.717) is 29.5 Å². The Labute approximate surface area is 163 Å². The van der Waals surface area contributed by atoms with Gasteiger partial charge in [0, 0.05) is 19.2 Å². The lowest BCUT2D eigenvalue weighted by molar-refractivity contribution is -0.144. The van der Waals surface area contributed by atoms with E-state index in [2.05, 4.69) is 35.7 Å². The van der Waals surface area contributed by atoms with Gasteiger partial charge in [-0.3, -0.25) is 4.98 Å². The zero-order valence-corrected chi connectivity index (χ0v) is 15.7. The number of anilines is 2. The van der Waals surface area contributed by atoms with Crippen LogP contribution in [0.3, 0.4) is 0 Å². The molecule has 8 nitrogen and oxygen atoms in total. The van der Waals surface area contributed by atoms with Crippen LogP contribution in [0.4, 0.5) is 24.9 Å². The number of nitrogens with zero attached hydrogens (tertiary/aromatic N) is 6. The number of alkyl halides is 3. The molecule has 0 amide bonds. The molecule has 0 saturated heterocycles. The molecule has 0 atom stereocenters. The number of nitrogens with one attached hydrogen (secondary N) is 2. The first kappa shape index (κ1) is 20.1. The van der Waals surface area contributed by atoms with E-state index < -0.39 is 12.0 Å². The van der Waals surface area contributed by atoms with E-state index in [1.54, 1.807) is 6.20 Å². The minimum Gasteiger partial charge on any atom is -0.369 e. The van der Waals surface area contributed by atoms with Crippen LogP contribution in [0, 0.1) is 0 Å². The molecular formula is C16H18ClF3N8. The number of unbranched alkanes of at least 4 members (excludes halogenated alkanes) is 2. The summed E-state index contributed by atoms with van der Waals surface area (Å²) in [6.07, 6.45) is 3.03. The van der Waals surface area contributed by atoms with Gasteiger partial charge in [-0.1, -0.05) is 18.0 Å². The van der Waals surface area contributed by atoms with Gasteiger partial charge in [0.1, 0.15) is 11.0 Å². The molecule has 0 bridgehead atoms. The highest BCUT2D eigenvalue weighted by molar-refractivity contribution is 6.29. The van der Waals surface area contributed by atoms with E-state index in [4.69, 9.17) is 11.6 Å². The fraction of sp³-hybridized carbons (Fsp3) is 0.438. The number of rotatable bonds is 8. The topological polar surface area (TPSA) is 92.9 Å². The molecule has 0 radical (unpaired) electrons. The molecule has 0 aliphatic heterocycles. The van der Waals surface area contributed by atoms with Gasteiger partial charge in [0.15, 0.2) is 5.65 Å². The van der Waals surface area contributed by atoms with Crippen molar-refractivity contribution in [1.29, 1.82) is 0 Å².